The number of likely N-dealkylation sites (tertiary alicyclic amines) is 1. The van der Waals surface area contributed by atoms with Gasteiger partial charge in [-0.3, -0.25) is 9.59 Å². The van der Waals surface area contributed by atoms with Crippen molar-refractivity contribution in [3.8, 4) is 0 Å². The first-order valence-corrected chi connectivity index (χ1v) is 9.08. The predicted octanol–water partition coefficient (Wildman–Crippen LogP) is 4.07. The lowest BCUT2D eigenvalue weighted by molar-refractivity contribution is -0.121. The van der Waals surface area contributed by atoms with Crippen molar-refractivity contribution in [3.05, 3.63) is 54.0 Å². The highest BCUT2D eigenvalue weighted by Gasteiger charge is 2.30. The second-order valence-electron chi connectivity index (χ2n) is 7.89. The van der Waals surface area contributed by atoms with Crippen LogP contribution in [0.5, 0.6) is 0 Å². The highest BCUT2D eigenvalue weighted by atomic mass is 16.3. The van der Waals surface area contributed by atoms with Crippen molar-refractivity contribution in [2.45, 2.75) is 39.0 Å². The van der Waals surface area contributed by atoms with Gasteiger partial charge in [-0.25, -0.2) is 0 Å². The number of carbonyl (C=O) groups excluding carboxylic acids is 2. The molecule has 0 bridgehead atoms. The quantitative estimate of drug-likeness (QED) is 0.904. The molecule has 1 aromatic heterocycles. The molecule has 2 aromatic rings. The largest absolute Gasteiger partial charge is 0.472 e. The second-order valence-corrected chi connectivity index (χ2v) is 7.89. The molecule has 1 N–H and O–H groups in total. The molecule has 0 aliphatic carbocycles. The van der Waals surface area contributed by atoms with Crippen LogP contribution in [-0.2, 0) is 10.2 Å². The number of para-hydroxylation sites is 1. The monoisotopic (exact) mass is 354 g/mol. The lowest BCUT2D eigenvalue weighted by atomic mass is 9.85. The van der Waals surface area contributed by atoms with Gasteiger partial charge in [-0.1, -0.05) is 39.0 Å². The third kappa shape index (κ3) is 3.98. The molecule has 2 amide bonds. The maximum Gasteiger partial charge on any atom is 0.257 e. The molecule has 138 valence electrons. The van der Waals surface area contributed by atoms with E-state index in [1.54, 1.807) is 11.0 Å². The zero-order valence-electron chi connectivity index (χ0n) is 15.6. The molecule has 5 heteroatoms. The Morgan fingerprint density at radius 1 is 1.19 bits per heavy atom. The molecule has 1 unspecified atom stereocenters. The number of rotatable bonds is 3. The minimum Gasteiger partial charge on any atom is -0.472 e. The fourth-order valence-corrected chi connectivity index (χ4v) is 3.43. The number of hydrogen-bond acceptors (Lipinski definition) is 3. The number of furan rings is 1. The number of nitrogens with zero attached hydrogens (tertiary/aromatic N) is 1. The summed E-state index contributed by atoms with van der Waals surface area (Å²) in [5.41, 5.74) is 2.43. The van der Waals surface area contributed by atoms with Crippen LogP contribution >= 0.6 is 0 Å². The van der Waals surface area contributed by atoms with Crippen LogP contribution in [0.2, 0.25) is 0 Å². The molecule has 1 aromatic carbocycles. The van der Waals surface area contributed by atoms with Crippen LogP contribution in [0.1, 0.15) is 49.5 Å². The van der Waals surface area contributed by atoms with Gasteiger partial charge < -0.3 is 14.6 Å². The standard InChI is InChI=1S/C21H26N2O3/c1-21(2,3)17-8-4-5-9-18(17)22-19(24)15-7-6-11-23(13-15)20(25)16-10-12-26-14-16/h4-5,8-10,12,14-15H,6-7,11,13H2,1-3H3,(H,22,24). The van der Waals surface area contributed by atoms with E-state index in [1.165, 1.54) is 12.5 Å². The van der Waals surface area contributed by atoms with Gasteiger partial charge in [-0.2, -0.15) is 0 Å². The maximum atomic E-state index is 12.8. The fourth-order valence-electron chi connectivity index (χ4n) is 3.43. The van der Waals surface area contributed by atoms with E-state index >= 15 is 0 Å². The predicted molar refractivity (Wildman–Crippen MR) is 101 cm³/mol. The third-order valence-electron chi connectivity index (χ3n) is 4.84. The summed E-state index contributed by atoms with van der Waals surface area (Å²) in [6.45, 7) is 7.50. The number of hydrogen-bond donors (Lipinski definition) is 1. The Balaban J connectivity index is 1.70. The van der Waals surface area contributed by atoms with E-state index < -0.39 is 0 Å². The second kappa shape index (κ2) is 7.36. The number of carbonyl (C=O) groups is 2. The SMILES string of the molecule is CC(C)(C)c1ccccc1NC(=O)C1CCCN(C(=O)c2ccoc2)C1. The van der Waals surface area contributed by atoms with Gasteiger partial charge in [-0.05, 0) is 36.0 Å². The smallest absolute Gasteiger partial charge is 0.257 e. The molecule has 0 radical (unpaired) electrons. The molecule has 1 fully saturated rings. The van der Waals surface area contributed by atoms with Crippen LogP contribution in [0.25, 0.3) is 0 Å². The fraction of sp³-hybridized carbons (Fsp3) is 0.429. The van der Waals surface area contributed by atoms with E-state index in [0.29, 0.717) is 18.7 Å². The van der Waals surface area contributed by atoms with Crippen molar-refractivity contribution in [2.75, 3.05) is 18.4 Å². The first-order valence-electron chi connectivity index (χ1n) is 9.08. The Morgan fingerprint density at radius 3 is 2.65 bits per heavy atom. The van der Waals surface area contributed by atoms with Gasteiger partial charge in [0, 0.05) is 18.8 Å². The van der Waals surface area contributed by atoms with Crippen LogP contribution in [0, 0.1) is 5.92 Å². The average Bonchev–Trinajstić information content (AvgIpc) is 3.15. The number of anilines is 1. The van der Waals surface area contributed by atoms with Crippen LogP contribution in [-0.4, -0.2) is 29.8 Å². The van der Waals surface area contributed by atoms with E-state index in [-0.39, 0.29) is 23.1 Å². The summed E-state index contributed by atoms with van der Waals surface area (Å²) in [6.07, 6.45) is 4.55. The third-order valence-corrected chi connectivity index (χ3v) is 4.84. The normalized spacial score (nSPS) is 17.8. The summed E-state index contributed by atoms with van der Waals surface area (Å²) in [4.78, 5) is 27.1. The highest BCUT2D eigenvalue weighted by Crippen LogP contribution is 2.30. The van der Waals surface area contributed by atoms with Gasteiger partial charge in [-0.15, -0.1) is 0 Å². The van der Waals surface area contributed by atoms with E-state index in [4.69, 9.17) is 4.42 Å². The molecule has 1 aliphatic rings. The van der Waals surface area contributed by atoms with Gasteiger partial charge in [0.05, 0.1) is 17.7 Å². The van der Waals surface area contributed by atoms with E-state index in [0.717, 1.165) is 24.1 Å². The summed E-state index contributed by atoms with van der Waals surface area (Å²) in [7, 11) is 0. The number of benzene rings is 1. The van der Waals surface area contributed by atoms with Crippen LogP contribution < -0.4 is 5.32 Å². The average molecular weight is 354 g/mol. The minimum absolute atomic E-state index is 0.0219. The van der Waals surface area contributed by atoms with Gasteiger partial charge in [0.15, 0.2) is 0 Å². The van der Waals surface area contributed by atoms with Gasteiger partial charge in [0.1, 0.15) is 6.26 Å². The Labute approximate surface area is 154 Å². The van der Waals surface area contributed by atoms with E-state index in [9.17, 15) is 9.59 Å². The molecule has 5 nitrogen and oxygen atoms in total. The lowest BCUT2D eigenvalue weighted by Gasteiger charge is -2.32. The van der Waals surface area contributed by atoms with Crippen molar-refractivity contribution in [2.24, 2.45) is 5.92 Å². The number of nitrogens with one attached hydrogen (secondary N) is 1. The molecule has 3 rings (SSSR count). The van der Waals surface area contributed by atoms with Crippen molar-refractivity contribution in [3.63, 3.8) is 0 Å². The topological polar surface area (TPSA) is 62.6 Å². The van der Waals surface area contributed by atoms with E-state index in [2.05, 4.69) is 26.1 Å². The maximum absolute atomic E-state index is 12.8. The van der Waals surface area contributed by atoms with Gasteiger partial charge in [0.2, 0.25) is 5.91 Å². The molecule has 0 saturated carbocycles. The Bertz CT molecular complexity index is 775. The molecule has 1 saturated heterocycles. The summed E-state index contributed by atoms with van der Waals surface area (Å²) >= 11 is 0. The molecular weight excluding hydrogens is 328 g/mol. The Morgan fingerprint density at radius 2 is 1.96 bits per heavy atom. The van der Waals surface area contributed by atoms with Crippen LogP contribution in [0.15, 0.2) is 47.3 Å². The summed E-state index contributed by atoms with van der Waals surface area (Å²) < 4.78 is 5.00. The first kappa shape index (κ1) is 18.2. The molecule has 1 atom stereocenters. The molecule has 2 heterocycles. The summed E-state index contributed by atoms with van der Waals surface area (Å²) in [5, 5.41) is 3.09. The number of piperidine rings is 1. The van der Waals surface area contributed by atoms with Gasteiger partial charge in [0.25, 0.3) is 5.91 Å². The number of amides is 2. The van der Waals surface area contributed by atoms with Crippen molar-refractivity contribution < 1.29 is 14.0 Å². The first-order chi connectivity index (χ1) is 12.4. The zero-order valence-corrected chi connectivity index (χ0v) is 15.6. The minimum atomic E-state index is -0.201. The summed E-state index contributed by atoms with van der Waals surface area (Å²) in [6, 6.07) is 9.56. The molecule has 26 heavy (non-hydrogen) atoms. The van der Waals surface area contributed by atoms with E-state index in [1.807, 2.05) is 24.3 Å². The molecular formula is C21H26N2O3. The molecule has 0 spiro atoms. The highest BCUT2D eigenvalue weighted by molar-refractivity contribution is 5.96. The van der Waals surface area contributed by atoms with Crippen LogP contribution in [0.4, 0.5) is 5.69 Å². The zero-order chi connectivity index (χ0) is 18.7. The van der Waals surface area contributed by atoms with Gasteiger partial charge >= 0.3 is 0 Å². The molecule has 1 aliphatic heterocycles. The lowest BCUT2D eigenvalue weighted by Crippen LogP contribution is -2.43. The summed E-state index contributed by atoms with van der Waals surface area (Å²) in [5.74, 6) is -0.301. The Hall–Kier alpha value is -2.56. The van der Waals surface area contributed by atoms with Crippen molar-refractivity contribution in [1.82, 2.24) is 4.90 Å². The Kier molecular flexibility index (Phi) is 5.16. The van der Waals surface area contributed by atoms with Crippen molar-refractivity contribution >= 4 is 17.5 Å². The van der Waals surface area contributed by atoms with Crippen LogP contribution in [0.3, 0.4) is 0 Å². The van der Waals surface area contributed by atoms with Crippen molar-refractivity contribution in [1.29, 1.82) is 0 Å².